The van der Waals surface area contributed by atoms with Gasteiger partial charge in [-0.15, -0.1) is 0 Å². The molecule has 3 rings (SSSR count). The molecule has 2 nitrogen and oxygen atoms in total. The van der Waals surface area contributed by atoms with E-state index in [4.69, 9.17) is 4.74 Å². The molecule has 2 unspecified atom stereocenters. The molecule has 1 heterocycles. The van der Waals surface area contributed by atoms with Crippen molar-refractivity contribution in [3.8, 4) is 5.75 Å². The lowest BCUT2D eigenvalue weighted by Gasteiger charge is -2.37. The summed E-state index contributed by atoms with van der Waals surface area (Å²) in [5.41, 5.74) is 1.35. The molecule has 2 aliphatic rings. The Morgan fingerprint density at radius 3 is 2.36 bits per heavy atom. The summed E-state index contributed by atoms with van der Waals surface area (Å²) >= 11 is 0. The highest BCUT2D eigenvalue weighted by Crippen LogP contribution is 2.37. The van der Waals surface area contributed by atoms with E-state index in [0.29, 0.717) is 11.9 Å². The molecule has 122 valence electrons. The molecular formula is C20H30O2. The molecule has 2 fully saturated rings. The van der Waals surface area contributed by atoms with Gasteiger partial charge in [-0.3, -0.25) is 0 Å². The summed E-state index contributed by atoms with van der Waals surface area (Å²) < 4.78 is 6.08. The molecule has 0 radical (unpaired) electrons. The fourth-order valence-electron chi connectivity index (χ4n) is 4.16. The Morgan fingerprint density at radius 1 is 1.00 bits per heavy atom. The maximum Gasteiger partial charge on any atom is 0.115 e. The van der Waals surface area contributed by atoms with Crippen molar-refractivity contribution in [2.75, 3.05) is 6.61 Å². The highest BCUT2D eigenvalue weighted by Gasteiger charge is 2.30. The topological polar surface area (TPSA) is 29.5 Å². The molecule has 1 aliphatic heterocycles. The summed E-state index contributed by atoms with van der Waals surface area (Å²) in [4.78, 5) is 0. The molecule has 1 N–H and O–H groups in total. The third-order valence-electron chi connectivity index (χ3n) is 5.73. The molecule has 1 aliphatic carbocycles. The van der Waals surface area contributed by atoms with Gasteiger partial charge < -0.3 is 9.84 Å². The number of hydrogen-bond acceptors (Lipinski definition) is 2. The van der Waals surface area contributed by atoms with Crippen molar-refractivity contribution in [2.24, 2.45) is 17.8 Å². The molecule has 1 saturated carbocycles. The van der Waals surface area contributed by atoms with Crippen LogP contribution in [0.1, 0.15) is 57.4 Å². The number of aromatic hydroxyl groups is 1. The number of phenolic OH excluding ortho intramolecular Hbond substituents is 1. The minimum atomic E-state index is 0.367. The molecular weight excluding hydrogens is 272 g/mol. The number of rotatable bonds is 4. The minimum Gasteiger partial charge on any atom is -0.508 e. The fraction of sp³-hybridized carbons (Fsp3) is 0.700. The van der Waals surface area contributed by atoms with Crippen molar-refractivity contribution in [2.45, 2.75) is 64.4 Å². The highest BCUT2D eigenvalue weighted by molar-refractivity contribution is 5.25. The second kappa shape index (κ2) is 7.50. The molecule has 0 bridgehead atoms. The first-order valence-electron chi connectivity index (χ1n) is 9.10. The summed E-state index contributed by atoms with van der Waals surface area (Å²) in [5.74, 6) is 2.83. The standard InChI is InChI=1S/C20H30O2/c1-15-2-13-20(22-14-15)18-9-5-16(6-10-18)3-4-17-7-11-19(21)12-8-17/h7-8,11-12,15-16,18,20-21H,2-6,9-10,13-14H2,1H3. The molecule has 2 atom stereocenters. The predicted octanol–water partition coefficient (Wildman–Crippen LogP) is 4.95. The van der Waals surface area contributed by atoms with Crippen LogP contribution in [0.15, 0.2) is 24.3 Å². The Balaban J connectivity index is 1.39. The van der Waals surface area contributed by atoms with Crippen molar-refractivity contribution in [3.05, 3.63) is 29.8 Å². The van der Waals surface area contributed by atoms with Gasteiger partial charge in [-0.25, -0.2) is 0 Å². The number of phenols is 1. The quantitative estimate of drug-likeness (QED) is 0.853. The van der Waals surface area contributed by atoms with Gasteiger partial charge >= 0.3 is 0 Å². The fourth-order valence-corrected chi connectivity index (χ4v) is 4.16. The first-order chi connectivity index (χ1) is 10.7. The van der Waals surface area contributed by atoms with Gasteiger partial charge in [0.1, 0.15) is 5.75 Å². The summed E-state index contributed by atoms with van der Waals surface area (Å²) in [6.07, 6.45) is 11.1. The smallest absolute Gasteiger partial charge is 0.115 e. The van der Waals surface area contributed by atoms with E-state index in [0.717, 1.165) is 30.8 Å². The second-order valence-electron chi connectivity index (χ2n) is 7.54. The van der Waals surface area contributed by atoms with Crippen LogP contribution in [-0.2, 0) is 11.2 Å². The van der Waals surface area contributed by atoms with Gasteiger partial charge in [-0.2, -0.15) is 0 Å². The molecule has 0 aromatic heterocycles. The van der Waals surface area contributed by atoms with Gasteiger partial charge in [0.05, 0.1) is 6.10 Å². The molecule has 22 heavy (non-hydrogen) atoms. The largest absolute Gasteiger partial charge is 0.508 e. The van der Waals surface area contributed by atoms with E-state index in [1.807, 2.05) is 0 Å². The highest BCUT2D eigenvalue weighted by atomic mass is 16.5. The van der Waals surface area contributed by atoms with Crippen molar-refractivity contribution in [1.29, 1.82) is 0 Å². The van der Waals surface area contributed by atoms with E-state index in [-0.39, 0.29) is 0 Å². The predicted molar refractivity (Wildman–Crippen MR) is 90.0 cm³/mol. The zero-order chi connectivity index (χ0) is 15.4. The third-order valence-corrected chi connectivity index (χ3v) is 5.73. The van der Waals surface area contributed by atoms with Gasteiger partial charge in [0.2, 0.25) is 0 Å². The van der Waals surface area contributed by atoms with Crippen LogP contribution in [0.4, 0.5) is 0 Å². The van der Waals surface area contributed by atoms with E-state index in [1.165, 1.54) is 50.5 Å². The molecule has 0 amide bonds. The number of hydrogen-bond donors (Lipinski definition) is 1. The van der Waals surface area contributed by atoms with Crippen LogP contribution in [0.3, 0.4) is 0 Å². The number of aryl methyl sites for hydroxylation is 1. The van der Waals surface area contributed by atoms with Gasteiger partial charge in [0, 0.05) is 6.61 Å². The Hall–Kier alpha value is -1.02. The lowest BCUT2D eigenvalue weighted by atomic mass is 9.76. The normalized spacial score (nSPS) is 32.8. The molecule has 1 aromatic carbocycles. The van der Waals surface area contributed by atoms with Gasteiger partial charge in [0.25, 0.3) is 0 Å². The van der Waals surface area contributed by atoms with E-state index in [9.17, 15) is 5.11 Å². The summed E-state index contributed by atoms with van der Waals surface area (Å²) in [7, 11) is 0. The maximum absolute atomic E-state index is 9.33. The van der Waals surface area contributed by atoms with Crippen LogP contribution < -0.4 is 0 Å². The molecule has 1 saturated heterocycles. The molecule has 1 aromatic rings. The van der Waals surface area contributed by atoms with Crippen molar-refractivity contribution < 1.29 is 9.84 Å². The summed E-state index contributed by atoms with van der Waals surface area (Å²) in [5, 5.41) is 9.33. The zero-order valence-corrected chi connectivity index (χ0v) is 13.8. The SMILES string of the molecule is CC1CCC(C2CCC(CCc3ccc(O)cc3)CC2)OC1. The number of ether oxygens (including phenoxy) is 1. The van der Waals surface area contributed by atoms with Crippen molar-refractivity contribution >= 4 is 0 Å². The van der Waals surface area contributed by atoms with Crippen LogP contribution in [0.5, 0.6) is 5.75 Å². The lowest BCUT2D eigenvalue weighted by Crippen LogP contribution is -2.33. The van der Waals surface area contributed by atoms with E-state index < -0.39 is 0 Å². The maximum atomic E-state index is 9.33. The van der Waals surface area contributed by atoms with Crippen LogP contribution in [-0.4, -0.2) is 17.8 Å². The average molecular weight is 302 g/mol. The van der Waals surface area contributed by atoms with Crippen LogP contribution >= 0.6 is 0 Å². The Bertz CT molecular complexity index is 437. The van der Waals surface area contributed by atoms with Crippen molar-refractivity contribution in [3.63, 3.8) is 0 Å². The first kappa shape index (κ1) is 15.9. The minimum absolute atomic E-state index is 0.367. The van der Waals surface area contributed by atoms with E-state index in [1.54, 1.807) is 12.1 Å². The number of benzene rings is 1. The first-order valence-corrected chi connectivity index (χ1v) is 9.10. The van der Waals surface area contributed by atoms with Crippen molar-refractivity contribution in [1.82, 2.24) is 0 Å². The molecule has 2 heteroatoms. The van der Waals surface area contributed by atoms with Crippen LogP contribution in [0.2, 0.25) is 0 Å². The Kier molecular flexibility index (Phi) is 5.41. The van der Waals surface area contributed by atoms with Gasteiger partial charge in [-0.05, 0) is 74.0 Å². The summed E-state index contributed by atoms with van der Waals surface area (Å²) in [6.45, 7) is 3.28. The van der Waals surface area contributed by atoms with Gasteiger partial charge in [-0.1, -0.05) is 31.9 Å². The van der Waals surface area contributed by atoms with E-state index >= 15 is 0 Å². The van der Waals surface area contributed by atoms with Gasteiger partial charge in [0.15, 0.2) is 0 Å². The van der Waals surface area contributed by atoms with Crippen LogP contribution in [0, 0.1) is 17.8 Å². The Labute approximate surface area is 134 Å². The lowest BCUT2D eigenvalue weighted by molar-refractivity contribution is -0.0545. The molecule has 0 spiro atoms. The monoisotopic (exact) mass is 302 g/mol. The van der Waals surface area contributed by atoms with Crippen LogP contribution in [0.25, 0.3) is 0 Å². The third kappa shape index (κ3) is 4.25. The zero-order valence-electron chi connectivity index (χ0n) is 13.8. The average Bonchev–Trinajstić information content (AvgIpc) is 2.56. The second-order valence-corrected chi connectivity index (χ2v) is 7.54. The van der Waals surface area contributed by atoms with E-state index in [2.05, 4.69) is 19.1 Å². The Morgan fingerprint density at radius 2 is 1.73 bits per heavy atom. The summed E-state index contributed by atoms with van der Waals surface area (Å²) in [6, 6.07) is 7.71.